The van der Waals surface area contributed by atoms with E-state index in [2.05, 4.69) is 22.1 Å². The van der Waals surface area contributed by atoms with Crippen molar-refractivity contribution in [1.82, 2.24) is 4.98 Å². The van der Waals surface area contributed by atoms with Crippen molar-refractivity contribution in [2.75, 3.05) is 31.4 Å². The minimum atomic E-state index is 0.519. The van der Waals surface area contributed by atoms with E-state index in [1.165, 1.54) is 25.7 Å². The third-order valence-corrected chi connectivity index (χ3v) is 4.01. The van der Waals surface area contributed by atoms with Gasteiger partial charge in [-0.25, -0.2) is 4.98 Å². The highest BCUT2D eigenvalue weighted by Gasteiger charge is 2.24. The third kappa shape index (κ3) is 3.11. The molecule has 0 amide bonds. The van der Waals surface area contributed by atoms with Crippen molar-refractivity contribution in [1.29, 1.82) is 0 Å². The van der Waals surface area contributed by atoms with Crippen LogP contribution in [0.5, 0.6) is 5.88 Å². The van der Waals surface area contributed by atoms with E-state index in [4.69, 9.17) is 4.74 Å². The largest absolute Gasteiger partial charge is 0.479 e. The summed E-state index contributed by atoms with van der Waals surface area (Å²) in [6.45, 7) is 2.33. The van der Waals surface area contributed by atoms with Gasteiger partial charge in [0.05, 0.1) is 12.8 Å². The molecular formula is C15H25N3O. The van der Waals surface area contributed by atoms with Crippen molar-refractivity contribution < 1.29 is 4.74 Å². The first-order chi connectivity index (χ1) is 9.13. The van der Waals surface area contributed by atoms with Crippen LogP contribution in [0.15, 0.2) is 12.3 Å². The fraction of sp³-hybridized carbons (Fsp3) is 0.667. The number of hydrogen-bond acceptors (Lipinski definition) is 4. The van der Waals surface area contributed by atoms with Crippen LogP contribution < -0.4 is 15.0 Å². The lowest BCUT2D eigenvalue weighted by molar-refractivity contribution is 0.346. The molecule has 1 aromatic rings. The quantitative estimate of drug-likeness (QED) is 0.905. The minimum absolute atomic E-state index is 0.519. The summed E-state index contributed by atoms with van der Waals surface area (Å²) in [5.41, 5.74) is 2.15. The smallest absolute Gasteiger partial charge is 0.239 e. The SMILES string of the molecule is COc1nccc(N(C)C)c1NC1CCCCC1C. The number of nitrogens with one attached hydrogen (secondary N) is 1. The summed E-state index contributed by atoms with van der Waals surface area (Å²) in [4.78, 5) is 6.42. The molecule has 4 nitrogen and oxygen atoms in total. The average molecular weight is 263 g/mol. The van der Waals surface area contributed by atoms with Crippen LogP contribution in [0, 0.1) is 5.92 Å². The van der Waals surface area contributed by atoms with Gasteiger partial charge < -0.3 is 15.0 Å². The lowest BCUT2D eigenvalue weighted by atomic mass is 9.86. The summed E-state index contributed by atoms with van der Waals surface area (Å²) in [6, 6.07) is 2.55. The van der Waals surface area contributed by atoms with Gasteiger partial charge in [-0.2, -0.15) is 0 Å². The lowest BCUT2D eigenvalue weighted by Crippen LogP contribution is -2.31. The third-order valence-electron chi connectivity index (χ3n) is 4.01. The summed E-state index contributed by atoms with van der Waals surface area (Å²) < 4.78 is 5.41. The molecule has 1 N–H and O–H groups in total. The summed E-state index contributed by atoms with van der Waals surface area (Å²) in [5, 5.41) is 3.67. The van der Waals surface area contributed by atoms with Crippen LogP contribution in [0.1, 0.15) is 32.6 Å². The maximum absolute atomic E-state index is 5.41. The molecule has 1 aliphatic carbocycles. The van der Waals surface area contributed by atoms with E-state index >= 15 is 0 Å². The number of aromatic nitrogens is 1. The number of anilines is 2. The van der Waals surface area contributed by atoms with E-state index in [0.717, 1.165) is 11.4 Å². The highest BCUT2D eigenvalue weighted by Crippen LogP contribution is 2.35. The number of pyridine rings is 1. The van der Waals surface area contributed by atoms with Gasteiger partial charge >= 0.3 is 0 Å². The molecule has 2 atom stereocenters. The van der Waals surface area contributed by atoms with Crippen LogP contribution in [-0.4, -0.2) is 32.2 Å². The standard InChI is InChI=1S/C15H25N3O/c1-11-7-5-6-8-12(11)17-14-13(18(2)3)9-10-16-15(14)19-4/h9-12,17H,5-8H2,1-4H3. The summed E-state index contributed by atoms with van der Waals surface area (Å²) in [6.07, 6.45) is 6.99. The van der Waals surface area contributed by atoms with E-state index in [0.29, 0.717) is 17.8 Å². The number of methoxy groups -OCH3 is 1. The molecule has 1 fully saturated rings. The van der Waals surface area contributed by atoms with Crippen LogP contribution in [0.2, 0.25) is 0 Å². The fourth-order valence-electron chi connectivity index (χ4n) is 2.81. The average Bonchev–Trinajstić information content (AvgIpc) is 2.41. The summed E-state index contributed by atoms with van der Waals surface area (Å²) in [5.74, 6) is 1.39. The second kappa shape index (κ2) is 6.13. The van der Waals surface area contributed by atoms with Crippen LogP contribution >= 0.6 is 0 Å². The normalized spacial score (nSPS) is 22.9. The predicted molar refractivity (Wildman–Crippen MR) is 80.2 cm³/mol. The summed E-state index contributed by atoms with van der Waals surface area (Å²) >= 11 is 0. The first-order valence-electron chi connectivity index (χ1n) is 7.10. The zero-order valence-corrected chi connectivity index (χ0v) is 12.4. The Labute approximate surface area is 116 Å². The van der Waals surface area contributed by atoms with Crippen LogP contribution in [-0.2, 0) is 0 Å². The van der Waals surface area contributed by atoms with Crippen molar-refractivity contribution in [3.05, 3.63) is 12.3 Å². The molecule has 0 radical (unpaired) electrons. The lowest BCUT2D eigenvalue weighted by Gasteiger charge is -2.32. The second-order valence-corrected chi connectivity index (χ2v) is 5.62. The number of ether oxygens (including phenoxy) is 1. The minimum Gasteiger partial charge on any atom is -0.479 e. The molecule has 0 aliphatic heterocycles. The van der Waals surface area contributed by atoms with Crippen molar-refractivity contribution in [3.63, 3.8) is 0 Å². The maximum atomic E-state index is 5.41. The Morgan fingerprint density at radius 1 is 1.32 bits per heavy atom. The molecule has 1 saturated carbocycles. The zero-order valence-electron chi connectivity index (χ0n) is 12.4. The second-order valence-electron chi connectivity index (χ2n) is 5.62. The van der Waals surface area contributed by atoms with E-state index < -0.39 is 0 Å². The Kier molecular flexibility index (Phi) is 4.51. The molecule has 1 aromatic heterocycles. The Balaban J connectivity index is 2.26. The van der Waals surface area contributed by atoms with Crippen LogP contribution in [0.4, 0.5) is 11.4 Å². The zero-order chi connectivity index (χ0) is 13.8. The molecule has 19 heavy (non-hydrogen) atoms. The number of rotatable bonds is 4. The fourth-order valence-corrected chi connectivity index (χ4v) is 2.81. The van der Waals surface area contributed by atoms with Gasteiger partial charge in [-0.15, -0.1) is 0 Å². The van der Waals surface area contributed by atoms with Gasteiger partial charge in [0.1, 0.15) is 5.69 Å². The van der Waals surface area contributed by atoms with E-state index in [-0.39, 0.29) is 0 Å². The molecule has 0 bridgehead atoms. The van der Waals surface area contributed by atoms with Gasteiger partial charge in [0.2, 0.25) is 5.88 Å². The van der Waals surface area contributed by atoms with Crippen molar-refractivity contribution >= 4 is 11.4 Å². The molecule has 1 heterocycles. The molecular weight excluding hydrogens is 238 g/mol. The monoisotopic (exact) mass is 263 g/mol. The van der Waals surface area contributed by atoms with Crippen molar-refractivity contribution in [3.8, 4) is 5.88 Å². The van der Waals surface area contributed by atoms with Crippen LogP contribution in [0.25, 0.3) is 0 Å². The van der Waals surface area contributed by atoms with Gasteiger partial charge in [0.25, 0.3) is 0 Å². The molecule has 0 saturated heterocycles. The predicted octanol–water partition coefficient (Wildman–Crippen LogP) is 3.15. The van der Waals surface area contributed by atoms with Gasteiger partial charge in [-0.05, 0) is 24.8 Å². The topological polar surface area (TPSA) is 37.4 Å². The molecule has 2 unspecified atom stereocenters. The number of hydrogen-bond donors (Lipinski definition) is 1. The Bertz CT molecular complexity index is 420. The highest BCUT2D eigenvalue weighted by molar-refractivity contribution is 5.74. The van der Waals surface area contributed by atoms with Gasteiger partial charge in [-0.1, -0.05) is 19.8 Å². The first kappa shape index (κ1) is 14.0. The molecule has 1 aliphatic rings. The van der Waals surface area contributed by atoms with Crippen molar-refractivity contribution in [2.45, 2.75) is 38.6 Å². The molecule has 106 valence electrons. The molecule has 4 heteroatoms. The highest BCUT2D eigenvalue weighted by atomic mass is 16.5. The Hall–Kier alpha value is -1.45. The Morgan fingerprint density at radius 3 is 2.68 bits per heavy atom. The van der Waals surface area contributed by atoms with Crippen molar-refractivity contribution in [2.24, 2.45) is 5.92 Å². The maximum Gasteiger partial charge on any atom is 0.239 e. The summed E-state index contributed by atoms with van der Waals surface area (Å²) in [7, 11) is 5.77. The van der Waals surface area contributed by atoms with Gasteiger partial charge in [0.15, 0.2) is 0 Å². The van der Waals surface area contributed by atoms with E-state index in [1.54, 1.807) is 13.3 Å². The van der Waals surface area contributed by atoms with E-state index in [9.17, 15) is 0 Å². The first-order valence-corrected chi connectivity index (χ1v) is 7.10. The van der Waals surface area contributed by atoms with Gasteiger partial charge in [0, 0.05) is 26.3 Å². The number of nitrogens with zero attached hydrogens (tertiary/aromatic N) is 2. The van der Waals surface area contributed by atoms with E-state index in [1.807, 2.05) is 20.2 Å². The van der Waals surface area contributed by atoms with Crippen LogP contribution in [0.3, 0.4) is 0 Å². The molecule has 0 spiro atoms. The Morgan fingerprint density at radius 2 is 2.05 bits per heavy atom. The molecule has 2 rings (SSSR count). The van der Waals surface area contributed by atoms with Gasteiger partial charge in [-0.3, -0.25) is 0 Å². The molecule has 0 aromatic carbocycles.